The lowest BCUT2D eigenvalue weighted by Crippen LogP contribution is -2.40. The number of benzene rings is 1. The fourth-order valence-corrected chi connectivity index (χ4v) is 2.47. The standard InChI is InChI=1S/C16H21NO5/c1-21-9-10-22-14-4-2-3-13(11-14)15(18)17-7-5-12(6-8-17)16(19)20/h2-4,11-12H,5-10H2,1H3,(H,19,20). The van der Waals surface area contributed by atoms with E-state index in [4.69, 9.17) is 14.6 Å². The highest BCUT2D eigenvalue weighted by Gasteiger charge is 2.27. The number of hydrogen-bond donors (Lipinski definition) is 1. The van der Waals surface area contributed by atoms with E-state index >= 15 is 0 Å². The number of aliphatic carboxylic acids is 1. The van der Waals surface area contributed by atoms with Crippen LogP contribution in [0.2, 0.25) is 0 Å². The Labute approximate surface area is 129 Å². The summed E-state index contributed by atoms with van der Waals surface area (Å²) in [5.74, 6) is -0.572. The molecule has 1 aromatic rings. The number of carbonyl (C=O) groups excluding carboxylic acids is 1. The molecule has 6 nitrogen and oxygen atoms in total. The number of hydrogen-bond acceptors (Lipinski definition) is 4. The first-order valence-electron chi connectivity index (χ1n) is 7.35. The summed E-state index contributed by atoms with van der Waals surface area (Å²) in [6, 6.07) is 7.03. The second-order valence-corrected chi connectivity index (χ2v) is 5.27. The molecule has 1 heterocycles. The number of carbonyl (C=O) groups is 2. The van der Waals surface area contributed by atoms with Gasteiger partial charge in [-0.25, -0.2) is 0 Å². The van der Waals surface area contributed by atoms with Crippen molar-refractivity contribution in [2.45, 2.75) is 12.8 Å². The van der Waals surface area contributed by atoms with Crippen molar-refractivity contribution in [2.24, 2.45) is 5.92 Å². The first kappa shape index (κ1) is 16.3. The van der Waals surface area contributed by atoms with E-state index in [0.29, 0.717) is 50.5 Å². The van der Waals surface area contributed by atoms with Crippen LogP contribution in [-0.2, 0) is 9.53 Å². The van der Waals surface area contributed by atoms with E-state index in [-0.39, 0.29) is 11.8 Å². The molecule has 1 amide bonds. The first-order valence-corrected chi connectivity index (χ1v) is 7.35. The lowest BCUT2D eigenvalue weighted by Gasteiger charge is -2.30. The summed E-state index contributed by atoms with van der Waals surface area (Å²) < 4.78 is 10.4. The van der Waals surface area contributed by atoms with Crippen LogP contribution in [0.1, 0.15) is 23.2 Å². The van der Waals surface area contributed by atoms with Crippen molar-refractivity contribution in [2.75, 3.05) is 33.4 Å². The highest BCUT2D eigenvalue weighted by Crippen LogP contribution is 2.21. The Balaban J connectivity index is 1.95. The van der Waals surface area contributed by atoms with Gasteiger partial charge >= 0.3 is 5.97 Å². The number of piperidine rings is 1. The van der Waals surface area contributed by atoms with Gasteiger partial charge in [0.25, 0.3) is 5.91 Å². The summed E-state index contributed by atoms with van der Waals surface area (Å²) in [6.45, 7) is 1.87. The zero-order valence-electron chi connectivity index (χ0n) is 12.7. The van der Waals surface area contributed by atoms with Crippen molar-refractivity contribution < 1.29 is 24.2 Å². The van der Waals surface area contributed by atoms with Gasteiger partial charge in [-0.05, 0) is 31.0 Å². The third-order valence-electron chi connectivity index (χ3n) is 3.77. The SMILES string of the molecule is COCCOc1cccc(C(=O)N2CCC(C(=O)O)CC2)c1. The van der Waals surface area contributed by atoms with Gasteiger partial charge in [0.1, 0.15) is 12.4 Å². The molecule has 120 valence electrons. The van der Waals surface area contributed by atoms with Crippen LogP contribution in [0.4, 0.5) is 0 Å². The molecule has 0 bridgehead atoms. The third kappa shape index (κ3) is 4.21. The number of carboxylic acid groups (broad SMARTS) is 1. The predicted octanol–water partition coefficient (Wildman–Crippen LogP) is 1.65. The zero-order valence-corrected chi connectivity index (χ0v) is 12.7. The second kappa shape index (κ2) is 7.79. The number of likely N-dealkylation sites (tertiary alicyclic amines) is 1. The van der Waals surface area contributed by atoms with Gasteiger partial charge in [0.15, 0.2) is 0 Å². The Bertz CT molecular complexity index is 523. The molecular formula is C16H21NO5. The number of rotatable bonds is 6. The smallest absolute Gasteiger partial charge is 0.306 e. The van der Waals surface area contributed by atoms with Crippen LogP contribution in [0, 0.1) is 5.92 Å². The summed E-state index contributed by atoms with van der Waals surface area (Å²) in [5, 5.41) is 8.99. The summed E-state index contributed by atoms with van der Waals surface area (Å²) in [4.78, 5) is 25.1. The topological polar surface area (TPSA) is 76.1 Å². The fraction of sp³-hybridized carbons (Fsp3) is 0.500. The number of methoxy groups -OCH3 is 1. The Hall–Kier alpha value is -2.08. The molecule has 0 spiro atoms. The van der Waals surface area contributed by atoms with E-state index in [0.717, 1.165) is 0 Å². The van der Waals surface area contributed by atoms with E-state index in [9.17, 15) is 9.59 Å². The summed E-state index contributed by atoms with van der Waals surface area (Å²) in [7, 11) is 1.60. The Kier molecular flexibility index (Phi) is 5.77. The summed E-state index contributed by atoms with van der Waals surface area (Å²) in [5.41, 5.74) is 0.559. The van der Waals surface area contributed by atoms with Crippen molar-refractivity contribution in [3.05, 3.63) is 29.8 Å². The normalized spacial score (nSPS) is 15.6. The Morgan fingerprint density at radius 1 is 1.27 bits per heavy atom. The molecule has 0 saturated carbocycles. The Morgan fingerprint density at radius 2 is 2.00 bits per heavy atom. The molecule has 6 heteroatoms. The number of nitrogens with zero attached hydrogens (tertiary/aromatic N) is 1. The van der Waals surface area contributed by atoms with E-state index in [1.54, 1.807) is 36.3 Å². The monoisotopic (exact) mass is 307 g/mol. The van der Waals surface area contributed by atoms with Crippen LogP contribution in [0.5, 0.6) is 5.75 Å². The van der Waals surface area contributed by atoms with Gasteiger partial charge in [-0.2, -0.15) is 0 Å². The molecule has 0 aromatic heterocycles. The largest absolute Gasteiger partial charge is 0.491 e. The van der Waals surface area contributed by atoms with Crippen LogP contribution < -0.4 is 4.74 Å². The van der Waals surface area contributed by atoms with E-state index < -0.39 is 5.97 Å². The highest BCUT2D eigenvalue weighted by molar-refractivity contribution is 5.94. The van der Waals surface area contributed by atoms with Crippen LogP contribution >= 0.6 is 0 Å². The van der Waals surface area contributed by atoms with Crippen molar-refractivity contribution in [3.63, 3.8) is 0 Å². The number of amides is 1. The number of ether oxygens (including phenoxy) is 2. The minimum absolute atomic E-state index is 0.0824. The van der Waals surface area contributed by atoms with Crippen molar-refractivity contribution in [1.82, 2.24) is 4.90 Å². The van der Waals surface area contributed by atoms with Gasteiger partial charge in [-0.15, -0.1) is 0 Å². The lowest BCUT2D eigenvalue weighted by molar-refractivity contribution is -0.143. The molecule has 1 saturated heterocycles. The molecule has 1 aromatic carbocycles. The van der Waals surface area contributed by atoms with Gasteiger partial charge in [-0.3, -0.25) is 9.59 Å². The maximum Gasteiger partial charge on any atom is 0.306 e. The zero-order chi connectivity index (χ0) is 15.9. The third-order valence-corrected chi connectivity index (χ3v) is 3.77. The second-order valence-electron chi connectivity index (χ2n) is 5.27. The maximum absolute atomic E-state index is 12.5. The van der Waals surface area contributed by atoms with Crippen LogP contribution in [0.3, 0.4) is 0 Å². The summed E-state index contributed by atoms with van der Waals surface area (Å²) in [6.07, 6.45) is 1.01. The molecule has 0 aliphatic carbocycles. The fourth-order valence-electron chi connectivity index (χ4n) is 2.47. The van der Waals surface area contributed by atoms with Gasteiger partial charge in [0.2, 0.25) is 0 Å². The average Bonchev–Trinajstić information content (AvgIpc) is 2.55. The molecule has 1 aliphatic rings. The van der Waals surface area contributed by atoms with E-state index in [1.807, 2.05) is 0 Å². The minimum atomic E-state index is -0.777. The summed E-state index contributed by atoms with van der Waals surface area (Å²) >= 11 is 0. The predicted molar refractivity (Wildman–Crippen MR) is 80.1 cm³/mol. The highest BCUT2D eigenvalue weighted by atomic mass is 16.5. The van der Waals surface area contributed by atoms with E-state index in [1.165, 1.54) is 0 Å². The van der Waals surface area contributed by atoms with Gasteiger partial charge < -0.3 is 19.5 Å². The van der Waals surface area contributed by atoms with Crippen LogP contribution in [0.25, 0.3) is 0 Å². The van der Waals surface area contributed by atoms with Gasteiger partial charge in [0.05, 0.1) is 12.5 Å². The minimum Gasteiger partial charge on any atom is -0.491 e. The average molecular weight is 307 g/mol. The van der Waals surface area contributed by atoms with Gasteiger partial charge in [-0.1, -0.05) is 6.07 Å². The first-order chi connectivity index (χ1) is 10.6. The van der Waals surface area contributed by atoms with E-state index in [2.05, 4.69) is 0 Å². The molecule has 22 heavy (non-hydrogen) atoms. The molecule has 1 aliphatic heterocycles. The number of carboxylic acids is 1. The van der Waals surface area contributed by atoms with Gasteiger partial charge in [0, 0.05) is 25.8 Å². The maximum atomic E-state index is 12.5. The molecular weight excluding hydrogens is 286 g/mol. The lowest BCUT2D eigenvalue weighted by atomic mass is 9.96. The molecule has 1 N–H and O–H groups in total. The van der Waals surface area contributed by atoms with Crippen LogP contribution in [-0.4, -0.2) is 55.3 Å². The quantitative estimate of drug-likeness (QED) is 0.809. The molecule has 2 rings (SSSR count). The van der Waals surface area contributed by atoms with Crippen molar-refractivity contribution >= 4 is 11.9 Å². The molecule has 0 radical (unpaired) electrons. The van der Waals surface area contributed by atoms with Crippen molar-refractivity contribution in [1.29, 1.82) is 0 Å². The van der Waals surface area contributed by atoms with Crippen molar-refractivity contribution in [3.8, 4) is 5.75 Å². The van der Waals surface area contributed by atoms with Crippen LogP contribution in [0.15, 0.2) is 24.3 Å². The Morgan fingerprint density at radius 3 is 2.64 bits per heavy atom. The molecule has 0 atom stereocenters. The molecule has 0 unspecified atom stereocenters. The molecule has 1 fully saturated rings.